The molecule has 5 N–H and O–H groups in total. The van der Waals surface area contributed by atoms with Gasteiger partial charge in [-0.05, 0) is 62.9 Å². The minimum Gasteiger partial charge on any atom is -0.368 e. The van der Waals surface area contributed by atoms with Crippen LogP contribution in [0.4, 0.5) is 3.89 Å². The van der Waals surface area contributed by atoms with Gasteiger partial charge in [0.2, 0.25) is 23.6 Å². The molecule has 2 aromatic carbocycles. The summed E-state index contributed by atoms with van der Waals surface area (Å²) in [4.78, 5) is 53.3. The van der Waals surface area contributed by atoms with E-state index in [4.69, 9.17) is 5.73 Å². The Bertz CT molecular complexity index is 1360. The second-order valence-corrected chi connectivity index (χ2v) is 11.0. The van der Waals surface area contributed by atoms with Crippen molar-refractivity contribution < 1.29 is 35.7 Å². The minimum absolute atomic E-state index is 0.158. The number of rotatable bonds is 14. The zero-order valence-corrected chi connectivity index (χ0v) is 24.2. The molecular weight excluding hydrogens is 569 g/mol. The maximum atomic E-state index is 13.7. The van der Waals surface area contributed by atoms with E-state index < -0.39 is 58.3 Å². The predicted molar refractivity (Wildman–Crippen MR) is 152 cm³/mol. The van der Waals surface area contributed by atoms with Crippen molar-refractivity contribution in [3.8, 4) is 5.75 Å². The van der Waals surface area contributed by atoms with Gasteiger partial charge in [-0.1, -0.05) is 46.4 Å². The Kier molecular flexibility index (Phi) is 11.4. The fourth-order valence-corrected chi connectivity index (χ4v) is 5.01. The third-order valence-corrected chi connectivity index (χ3v) is 7.45. The van der Waals surface area contributed by atoms with Crippen LogP contribution in [0.25, 0.3) is 0 Å². The van der Waals surface area contributed by atoms with E-state index in [1.165, 1.54) is 29.2 Å². The first kappa shape index (κ1) is 32.5. The van der Waals surface area contributed by atoms with Gasteiger partial charge in [0.05, 0.1) is 6.04 Å². The smallest absolute Gasteiger partial charge is 0.368 e. The molecule has 0 aliphatic carbocycles. The Labute approximate surface area is 244 Å². The van der Waals surface area contributed by atoms with Gasteiger partial charge in [0.15, 0.2) is 0 Å². The lowest BCUT2D eigenvalue weighted by atomic mass is 10.0. The molecule has 1 fully saturated rings. The highest BCUT2D eigenvalue weighted by molar-refractivity contribution is 7.81. The molecular formula is C28H36FN5O7S. The van der Waals surface area contributed by atoms with Crippen LogP contribution in [0.5, 0.6) is 5.75 Å². The maximum Gasteiger partial charge on any atom is 0.488 e. The summed E-state index contributed by atoms with van der Waals surface area (Å²) in [5, 5.41) is 8.27. The molecule has 0 saturated carbocycles. The molecule has 4 atom stereocenters. The molecule has 1 aliphatic rings. The highest BCUT2D eigenvalue weighted by Gasteiger charge is 2.38. The van der Waals surface area contributed by atoms with Crippen molar-refractivity contribution in [2.45, 2.75) is 63.2 Å². The number of aryl methyl sites for hydroxylation is 1. The summed E-state index contributed by atoms with van der Waals surface area (Å²) in [5.74, 6) is -2.28. The number of nitrogens with zero attached hydrogens (tertiary/aromatic N) is 1. The van der Waals surface area contributed by atoms with E-state index in [9.17, 15) is 31.5 Å². The van der Waals surface area contributed by atoms with Gasteiger partial charge < -0.3 is 30.8 Å². The van der Waals surface area contributed by atoms with E-state index in [1.54, 1.807) is 14.0 Å². The molecule has 1 saturated heterocycles. The molecule has 14 heteroatoms. The monoisotopic (exact) mass is 605 g/mol. The second kappa shape index (κ2) is 14.7. The number of nitrogens with one attached hydrogen (secondary N) is 3. The fraction of sp³-hybridized carbons (Fsp3) is 0.429. The van der Waals surface area contributed by atoms with Crippen LogP contribution < -0.4 is 25.9 Å². The summed E-state index contributed by atoms with van der Waals surface area (Å²) < 4.78 is 38.4. The lowest BCUT2D eigenvalue weighted by molar-refractivity contribution is -0.142. The van der Waals surface area contributed by atoms with E-state index in [-0.39, 0.29) is 25.1 Å². The summed E-state index contributed by atoms with van der Waals surface area (Å²) >= 11 is 0. The Morgan fingerprint density at radius 3 is 2.29 bits per heavy atom. The fourth-order valence-electron chi connectivity index (χ4n) is 4.67. The van der Waals surface area contributed by atoms with Crippen LogP contribution in [0.2, 0.25) is 0 Å². The average molecular weight is 606 g/mol. The lowest BCUT2D eigenvalue weighted by Gasteiger charge is -2.30. The number of nitrogens with two attached hydrogens (primary N) is 1. The number of likely N-dealkylation sites (tertiary alicyclic amines) is 1. The molecule has 1 aliphatic heterocycles. The molecule has 4 unspecified atom stereocenters. The molecule has 12 nitrogen and oxygen atoms in total. The highest BCUT2D eigenvalue weighted by Crippen LogP contribution is 2.21. The summed E-state index contributed by atoms with van der Waals surface area (Å²) in [7, 11) is -3.56. The Morgan fingerprint density at radius 1 is 1.02 bits per heavy atom. The molecule has 3 rings (SSSR count). The topological polar surface area (TPSA) is 177 Å². The van der Waals surface area contributed by atoms with E-state index >= 15 is 0 Å². The summed E-state index contributed by atoms with van der Waals surface area (Å²) in [5.41, 5.74) is 7.05. The molecule has 1 heterocycles. The zero-order valence-electron chi connectivity index (χ0n) is 23.4. The van der Waals surface area contributed by atoms with Gasteiger partial charge in [-0.15, -0.1) is 0 Å². The van der Waals surface area contributed by atoms with Crippen molar-refractivity contribution in [2.24, 2.45) is 5.73 Å². The van der Waals surface area contributed by atoms with Crippen LogP contribution in [0.15, 0.2) is 54.6 Å². The van der Waals surface area contributed by atoms with Crippen molar-refractivity contribution in [3.63, 3.8) is 0 Å². The van der Waals surface area contributed by atoms with Gasteiger partial charge in [0.25, 0.3) is 0 Å². The van der Waals surface area contributed by atoms with Crippen LogP contribution in [-0.2, 0) is 42.5 Å². The molecule has 42 heavy (non-hydrogen) atoms. The van der Waals surface area contributed by atoms with Crippen LogP contribution in [0.3, 0.4) is 0 Å². The molecule has 0 spiro atoms. The first-order valence-corrected chi connectivity index (χ1v) is 14.8. The Hall–Kier alpha value is -4.04. The summed E-state index contributed by atoms with van der Waals surface area (Å²) in [6.07, 6.45) is 1.58. The quantitative estimate of drug-likeness (QED) is 0.225. The van der Waals surface area contributed by atoms with Crippen LogP contribution in [0.1, 0.15) is 37.3 Å². The summed E-state index contributed by atoms with van der Waals surface area (Å²) in [6, 6.07) is 11.3. The first-order chi connectivity index (χ1) is 19.9. The van der Waals surface area contributed by atoms with Gasteiger partial charge in [0.1, 0.15) is 23.9 Å². The summed E-state index contributed by atoms with van der Waals surface area (Å²) in [6.45, 7) is 1.92. The number of carbonyl (C=O) groups excluding carboxylic acids is 4. The normalized spacial score (nSPS) is 17.1. The lowest BCUT2D eigenvalue weighted by Crippen LogP contribution is -2.57. The van der Waals surface area contributed by atoms with Gasteiger partial charge in [-0.25, -0.2) is 0 Å². The number of halogens is 1. The zero-order chi connectivity index (χ0) is 30.9. The average Bonchev–Trinajstić information content (AvgIpc) is 3.44. The van der Waals surface area contributed by atoms with Gasteiger partial charge in [-0.2, -0.15) is 8.42 Å². The highest BCUT2D eigenvalue weighted by atomic mass is 32.3. The number of hydrogen-bond donors (Lipinski definition) is 4. The molecule has 0 radical (unpaired) electrons. The van der Waals surface area contributed by atoms with Crippen molar-refractivity contribution in [2.75, 3.05) is 13.6 Å². The van der Waals surface area contributed by atoms with Gasteiger partial charge in [-0.3, -0.25) is 19.2 Å². The Morgan fingerprint density at radius 2 is 1.69 bits per heavy atom. The molecule has 4 amide bonds. The van der Waals surface area contributed by atoms with Gasteiger partial charge in [0, 0.05) is 13.0 Å². The van der Waals surface area contributed by atoms with E-state index in [0.29, 0.717) is 24.8 Å². The van der Waals surface area contributed by atoms with E-state index in [1.807, 2.05) is 30.3 Å². The van der Waals surface area contributed by atoms with E-state index in [2.05, 4.69) is 20.1 Å². The van der Waals surface area contributed by atoms with Crippen LogP contribution >= 0.6 is 0 Å². The van der Waals surface area contributed by atoms with E-state index in [0.717, 1.165) is 5.56 Å². The van der Waals surface area contributed by atoms with Crippen LogP contribution in [-0.4, -0.2) is 74.7 Å². The largest absolute Gasteiger partial charge is 0.488 e. The van der Waals surface area contributed by atoms with Crippen molar-refractivity contribution >= 4 is 34.1 Å². The molecule has 0 aromatic heterocycles. The number of benzene rings is 2. The first-order valence-electron chi connectivity index (χ1n) is 13.5. The van der Waals surface area contributed by atoms with Gasteiger partial charge >= 0.3 is 10.5 Å². The Balaban J connectivity index is 1.73. The third-order valence-electron chi connectivity index (χ3n) is 7.06. The number of likely N-dealkylation sites (N-methyl/N-ethyl adjacent to an activating group) is 1. The number of carbonyl (C=O) groups is 4. The number of hydrogen-bond acceptors (Lipinski definition) is 8. The minimum atomic E-state index is -5.16. The number of amides is 4. The number of primary amides is 1. The van der Waals surface area contributed by atoms with Crippen molar-refractivity contribution in [1.82, 2.24) is 20.9 Å². The predicted octanol–water partition coefficient (Wildman–Crippen LogP) is 0.509. The molecule has 228 valence electrons. The second-order valence-electron chi connectivity index (χ2n) is 10.1. The SMILES string of the molecule is CNC(C)C(=O)NC(CCc1ccc(OS(=O)(=O)F)cc1)C(=O)N1CCCC1C(=O)NC(Cc1ccccc1)C(N)=O. The maximum absolute atomic E-state index is 13.7. The molecule has 0 bridgehead atoms. The van der Waals surface area contributed by atoms with Crippen molar-refractivity contribution in [3.05, 3.63) is 65.7 Å². The standard InChI is InChI=1S/C28H36FN5O7S/c1-18(31-2)26(36)32-22(15-12-19-10-13-21(14-11-19)41-42(29,39)40)28(38)34-16-6-9-24(34)27(37)33-23(25(30)35)17-20-7-4-3-5-8-20/h3-5,7-8,10-11,13-14,18,22-24,31H,6,9,12,15-17H2,1-2H3,(H2,30,35)(H,32,36)(H,33,37). The molecule has 2 aromatic rings. The van der Waals surface area contributed by atoms with Crippen molar-refractivity contribution in [1.29, 1.82) is 0 Å². The third kappa shape index (κ3) is 9.52. The van der Waals surface area contributed by atoms with Crippen LogP contribution in [0, 0.1) is 0 Å².